The molecule has 0 aliphatic heterocycles. The van der Waals surface area contributed by atoms with Crippen molar-refractivity contribution in [3.05, 3.63) is 35.4 Å². The van der Waals surface area contributed by atoms with Crippen molar-refractivity contribution in [2.24, 2.45) is 5.73 Å². The molecule has 0 radical (unpaired) electrons. The highest BCUT2D eigenvalue weighted by molar-refractivity contribution is 5.28. The fraction of sp³-hybridized carbons (Fsp3) is 0.400. The lowest BCUT2D eigenvalue weighted by Gasteiger charge is -2.19. The van der Waals surface area contributed by atoms with Crippen LogP contribution in [0.2, 0.25) is 0 Å². The van der Waals surface area contributed by atoms with Gasteiger partial charge in [0.1, 0.15) is 0 Å². The summed E-state index contributed by atoms with van der Waals surface area (Å²) in [6, 6.07) is 4.90. The standard InChI is InChI=1S/C10H12F3N/c1-9(2,14)7-3-5-8(6-4-7)10(11,12)13/h3-6H,14H2,1-2H3. The van der Waals surface area contributed by atoms with E-state index in [4.69, 9.17) is 5.73 Å². The minimum Gasteiger partial charge on any atom is -0.322 e. The molecule has 1 aromatic rings. The average Bonchev–Trinajstić information content (AvgIpc) is 2.01. The normalized spacial score (nSPS) is 13.0. The molecule has 0 aliphatic rings. The van der Waals surface area contributed by atoms with Crippen LogP contribution < -0.4 is 5.73 Å². The predicted molar refractivity (Wildman–Crippen MR) is 48.7 cm³/mol. The fourth-order valence-corrected chi connectivity index (χ4v) is 1.09. The first kappa shape index (κ1) is 11.0. The molecule has 4 heteroatoms. The summed E-state index contributed by atoms with van der Waals surface area (Å²) in [7, 11) is 0. The van der Waals surface area contributed by atoms with Crippen molar-refractivity contribution in [3.63, 3.8) is 0 Å². The second-order valence-corrected chi connectivity index (χ2v) is 3.80. The molecule has 1 nitrogen and oxygen atoms in total. The lowest BCUT2D eigenvalue weighted by molar-refractivity contribution is -0.137. The largest absolute Gasteiger partial charge is 0.416 e. The first-order valence-corrected chi connectivity index (χ1v) is 4.18. The molecule has 0 heterocycles. The van der Waals surface area contributed by atoms with E-state index in [0.29, 0.717) is 5.56 Å². The molecule has 2 N–H and O–H groups in total. The SMILES string of the molecule is CC(C)(N)c1ccc(C(F)(F)F)cc1. The first-order valence-electron chi connectivity index (χ1n) is 4.18. The van der Waals surface area contributed by atoms with E-state index >= 15 is 0 Å². The van der Waals surface area contributed by atoms with Crippen LogP contribution in [0.1, 0.15) is 25.0 Å². The van der Waals surface area contributed by atoms with Crippen molar-refractivity contribution in [2.45, 2.75) is 25.6 Å². The zero-order valence-corrected chi connectivity index (χ0v) is 8.02. The van der Waals surface area contributed by atoms with Crippen molar-refractivity contribution in [1.82, 2.24) is 0 Å². The molecule has 0 amide bonds. The maximum atomic E-state index is 12.2. The monoisotopic (exact) mass is 203 g/mol. The van der Waals surface area contributed by atoms with Crippen LogP contribution in [-0.2, 0) is 11.7 Å². The second kappa shape index (κ2) is 3.28. The molecule has 14 heavy (non-hydrogen) atoms. The van der Waals surface area contributed by atoms with Gasteiger partial charge >= 0.3 is 6.18 Å². The minimum absolute atomic E-state index is 0.607. The molecule has 0 unspecified atom stereocenters. The average molecular weight is 203 g/mol. The number of halogens is 3. The third kappa shape index (κ3) is 2.48. The molecular formula is C10H12F3N. The van der Waals surface area contributed by atoms with Crippen molar-refractivity contribution in [1.29, 1.82) is 0 Å². The summed E-state index contributed by atoms with van der Waals surface area (Å²) in [5, 5.41) is 0. The predicted octanol–water partition coefficient (Wildman–Crippen LogP) is 2.90. The van der Waals surface area contributed by atoms with E-state index in [1.165, 1.54) is 12.1 Å². The minimum atomic E-state index is -4.28. The quantitative estimate of drug-likeness (QED) is 0.746. The lowest BCUT2D eigenvalue weighted by atomic mass is 9.95. The highest BCUT2D eigenvalue weighted by Crippen LogP contribution is 2.30. The number of hydrogen-bond acceptors (Lipinski definition) is 1. The Labute approximate surface area is 80.7 Å². The van der Waals surface area contributed by atoms with E-state index in [9.17, 15) is 13.2 Å². The van der Waals surface area contributed by atoms with Gasteiger partial charge in [0.05, 0.1) is 5.56 Å². The van der Waals surface area contributed by atoms with Gasteiger partial charge in [0, 0.05) is 5.54 Å². The van der Waals surface area contributed by atoms with E-state index in [1.54, 1.807) is 13.8 Å². The Morgan fingerprint density at radius 3 is 1.57 bits per heavy atom. The van der Waals surface area contributed by atoms with Crippen LogP contribution in [0.3, 0.4) is 0 Å². The molecule has 1 rings (SSSR count). The van der Waals surface area contributed by atoms with Crippen LogP contribution in [-0.4, -0.2) is 0 Å². The Hall–Kier alpha value is -1.03. The molecule has 1 aromatic carbocycles. The van der Waals surface area contributed by atoms with Gasteiger partial charge < -0.3 is 5.73 Å². The summed E-state index contributed by atoms with van der Waals surface area (Å²) < 4.78 is 36.6. The van der Waals surface area contributed by atoms with Crippen LogP contribution >= 0.6 is 0 Å². The van der Waals surface area contributed by atoms with Gasteiger partial charge in [-0.15, -0.1) is 0 Å². The van der Waals surface area contributed by atoms with Gasteiger partial charge in [-0.05, 0) is 31.5 Å². The summed E-state index contributed by atoms with van der Waals surface area (Å²) in [5.74, 6) is 0. The molecule has 0 aliphatic carbocycles. The molecule has 78 valence electrons. The van der Waals surface area contributed by atoms with E-state index in [1.807, 2.05) is 0 Å². The van der Waals surface area contributed by atoms with Crippen LogP contribution in [0, 0.1) is 0 Å². The third-order valence-electron chi connectivity index (χ3n) is 1.96. The highest BCUT2D eigenvalue weighted by atomic mass is 19.4. The van der Waals surface area contributed by atoms with Crippen molar-refractivity contribution in [3.8, 4) is 0 Å². The Bertz CT molecular complexity index is 273. The molecule has 0 saturated carbocycles. The summed E-state index contributed by atoms with van der Waals surface area (Å²) in [6.07, 6.45) is -4.28. The molecule has 0 aromatic heterocycles. The van der Waals surface area contributed by atoms with E-state index in [2.05, 4.69) is 0 Å². The third-order valence-corrected chi connectivity index (χ3v) is 1.96. The smallest absolute Gasteiger partial charge is 0.322 e. The van der Waals surface area contributed by atoms with E-state index < -0.39 is 17.3 Å². The topological polar surface area (TPSA) is 26.0 Å². The molecule has 0 bridgehead atoms. The van der Waals surface area contributed by atoms with Gasteiger partial charge in [-0.2, -0.15) is 13.2 Å². The highest BCUT2D eigenvalue weighted by Gasteiger charge is 2.30. The summed E-state index contributed by atoms with van der Waals surface area (Å²) >= 11 is 0. The number of rotatable bonds is 1. The van der Waals surface area contributed by atoms with Crippen LogP contribution in [0.15, 0.2) is 24.3 Å². The van der Waals surface area contributed by atoms with Crippen molar-refractivity contribution >= 4 is 0 Å². The van der Waals surface area contributed by atoms with Gasteiger partial charge in [-0.3, -0.25) is 0 Å². The maximum Gasteiger partial charge on any atom is 0.416 e. The van der Waals surface area contributed by atoms with Crippen LogP contribution in [0.5, 0.6) is 0 Å². The van der Waals surface area contributed by atoms with Crippen LogP contribution in [0.25, 0.3) is 0 Å². The van der Waals surface area contributed by atoms with E-state index in [-0.39, 0.29) is 0 Å². The Balaban J connectivity index is 3.02. The molecule has 0 saturated heterocycles. The Kier molecular flexibility index (Phi) is 2.58. The van der Waals surface area contributed by atoms with Gasteiger partial charge in [-0.1, -0.05) is 12.1 Å². The summed E-state index contributed by atoms with van der Waals surface area (Å²) in [5.41, 5.74) is 5.17. The molecule has 0 atom stereocenters. The summed E-state index contributed by atoms with van der Waals surface area (Å²) in [6.45, 7) is 3.49. The molecule has 0 spiro atoms. The lowest BCUT2D eigenvalue weighted by Crippen LogP contribution is -2.28. The Morgan fingerprint density at radius 1 is 0.929 bits per heavy atom. The fourth-order valence-electron chi connectivity index (χ4n) is 1.09. The van der Waals surface area contributed by atoms with Crippen molar-refractivity contribution in [2.75, 3.05) is 0 Å². The van der Waals surface area contributed by atoms with Gasteiger partial charge in [0.25, 0.3) is 0 Å². The first-order chi connectivity index (χ1) is 6.21. The summed E-state index contributed by atoms with van der Waals surface area (Å²) in [4.78, 5) is 0. The number of alkyl halides is 3. The van der Waals surface area contributed by atoms with Gasteiger partial charge in [-0.25, -0.2) is 0 Å². The molecule has 0 fully saturated rings. The van der Waals surface area contributed by atoms with Crippen molar-refractivity contribution < 1.29 is 13.2 Å². The zero-order valence-electron chi connectivity index (χ0n) is 8.02. The van der Waals surface area contributed by atoms with Gasteiger partial charge in [0.15, 0.2) is 0 Å². The number of hydrogen-bond donors (Lipinski definition) is 1. The maximum absolute atomic E-state index is 12.2. The van der Waals surface area contributed by atoms with Gasteiger partial charge in [0.2, 0.25) is 0 Å². The number of benzene rings is 1. The van der Waals surface area contributed by atoms with E-state index in [0.717, 1.165) is 12.1 Å². The molecular weight excluding hydrogens is 191 g/mol. The zero-order chi connectivity index (χ0) is 11.0. The Morgan fingerprint density at radius 2 is 1.29 bits per heavy atom. The van der Waals surface area contributed by atoms with Crippen LogP contribution in [0.4, 0.5) is 13.2 Å². The number of nitrogens with two attached hydrogens (primary N) is 1. The second-order valence-electron chi connectivity index (χ2n) is 3.80.